The molecule has 0 saturated carbocycles. The Kier molecular flexibility index (Phi) is 3.80. The van der Waals surface area contributed by atoms with Crippen molar-refractivity contribution in [1.82, 2.24) is 19.7 Å². The molecule has 9 heteroatoms. The number of nitrogens with zero attached hydrogens (tertiary/aromatic N) is 4. The minimum atomic E-state index is -4.51. The maximum atomic E-state index is 12.6. The van der Waals surface area contributed by atoms with Crippen LogP contribution in [0.4, 0.5) is 13.2 Å². The third kappa shape index (κ3) is 3.16. The van der Waals surface area contributed by atoms with Crippen molar-refractivity contribution in [2.24, 2.45) is 0 Å². The molecular weight excluding hydrogens is 277 g/mol. The Morgan fingerprint density at radius 1 is 1.40 bits per heavy atom. The van der Waals surface area contributed by atoms with Crippen molar-refractivity contribution in [3.05, 3.63) is 23.3 Å². The van der Waals surface area contributed by atoms with Gasteiger partial charge in [-0.1, -0.05) is 5.57 Å². The molecule has 110 valence electrons. The summed E-state index contributed by atoms with van der Waals surface area (Å²) in [6, 6.07) is 0. The van der Waals surface area contributed by atoms with Crippen molar-refractivity contribution in [3.8, 4) is 0 Å². The van der Waals surface area contributed by atoms with Gasteiger partial charge in [0.05, 0.1) is 6.54 Å². The van der Waals surface area contributed by atoms with Crippen LogP contribution in [0.1, 0.15) is 18.6 Å². The molecule has 0 spiro atoms. The van der Waals surface area contributed by atoms with E-state index in [2.05, 4.69) is 10.2 Å². The number of hydrogen-bond donors (Lipinski definition) is 1. The van der Waals surface area contributed by atoms with Crippen molar-refractivity contribution in [2.75, 3.05) is 13.1 Å². The van der Waals surface area contributed by atoms with Gasteiger partial charge in [0.25, 0.3) is 0 Å². The Hall–Kier alpha value is -1.90. The molecule has 1 N–H and O–H groups in total. The van der Waals surface area contributed by atoms with Crippen molar-refractivity contribution in [1.29, 1.82) is 0 Å². The van der Waals surface area contributed by atoms with Crippen LogP contribution < -0.4 is 0 Å². The van der Waals surface area contributed by atoms with Gasteiger partial charge in [-0.25, -0.2) is 4.79 Å². The van der Waals surface area contributed by atoms with Gasteiger partial charge in [0, 0.05) is 25.7 Å². The van der Waals surface area contributed by atoms with Crippen LogP contribution in [0.5, 0.6) is 0 Å². The van der Waals surface area contributed by atoms with E-state index in [0.29, 0.717) is 18.7 Å². The Labute approximate surface area is 112 Å². The molecule has 0 unspecified atom stereocenters. The third-order valence-electron chi connectivity index (χ3n) is 2.93. The summed E-state index contributed by atoms with van der Waals surface area (Å²) in [6.45, 7) is 2.78. The lowest BCUT2D eigenvalue weighted by molar-refractivity contribution is -0.148. The van der Waals surface area contributed by atoms with Crippen LogP contribution in [0.15, 0.2) is 11.6 Å². The lowest BCUT2D eigenvalue weighted by Gasteiger charge is -2.27. The zero-order valence-electron chi connectivity index (χ0n) is 10.7. The molecule has 0 radical (unpaired) electrons. The highest BCUT2D eigenvalue weighted by atomic mass is 19.4. The summed E-state index contributed by atoms with van der Waals surface area (Å²) in [6.07, 6.45) is -3.42. The first-order chi connectivity index (χ1) is 9.27. The Morgan fingerprint density at radius 2 is 2.10 bits per heavy atom. The van der Waals surface area contributed by atoms with Gasteiger partial charge in [-0.3, -0.25) is 4.90 Å². The maximum absolute atomic E-state index is 12.6. The molecule has 0 amide bonds. The molecule has 1 aromatic heterocycles. The summed E-state index contributed by atoms with van der Waals surface area (Å²) >= 11 is 0. The van der Waals surface area contributed by atoms with Crippen molar-refractivity contribution >= 4 is 5.97 Å². The van der Waals surface area contributed by atoms with Crippen LogP contribution >= 0.6 is 0 Å². The first-order valence-electron chi connectivity index (χ1n) is 5.89. The van der Waals surface area contributed by atoms with Crippen LogP contribution in [0.25, 0.3) is 0 Å². The molecule has 1 aromatic rings. The highest BCUT2D eigenvalue weighted by molar-refractivity contribution is 5.80. The van der Waals surface area contributed by atoms with E-state index in [-0.39, 0.29) is 18.9 Å². The average molecular weight is 290 g/mol. The normalized spacial score (nSPS) is 17.1. The quantitative estimate of drug-likeness (QED) is 0.845. The topological polar surface area (TPSA) is 71.2 Å². The smallest absolute Gasteiger partial charge is 0.451 e. The molecule has 2 rings (SSSR count). The lowest BCUT2D eigenvalue weighted by Crippen LogP contribution is -2.36. The standard InChI is InChI=1S/C11H13F3N4O2/c1-7(4-9(19)20)5-17-2-3-18-8(6-17)15-16-10(18)11(12,13)14/h4H,2-3,5-6H2,1H3,(H,19,20). The van der Waals surface area contributed by atoms with Gasteiger partial charge in [0.1, 0.15) is 5.82 Å². The largest absolute Gasteiger partial charge is 0.478 e. The number of rotatable bonds is 3. The van der Waals surface area contributed by atoms with E-state index in [1.165, 1.54) is 0 Å². The molecule has 6 nitrogen and oxygen atoms in total. The molecule has 0 bridgehead atoms. The zero-order valence-corrected chi connectivity index (χ0v) is 10.7. The van der Waals surface area contributed by atoms with Crippen molar-refractivity contribution < 1.29 is 23.1 Å². The number of carboxylic acid groups (broad SMARTS) is 1. The van der Waals surface area contributed by atoms with E-state index in [1.807, 2.05) is 4.90 Å². The first kappa shape index (κ1) is 14.5. The van der Waals surface area contributed by atoms with Crippen LogP contribution in [0.3, 0.4) is 0 Å². The Bertz CT molecular complexity index is 550. The van der Waals surface area contributed by atoms with Gasteiger partial charge in [-0.15, -0.1) is 10.2 Å². The number of halogens is 3. The number of aromatic nitrogens is 3. The second-order valence-electron chi connectivity index (χ2n) is 4.63. The fraction of sp³-hybridized carbons (Fsp3) is 0.545. The molecule has 20 heavy (non-hydrogen) atoms. The van der Waals surface area contributed by atoms with E-state index in [0.717, 1.165) is 10.6 Å². The number of carboxylic acids is 1. The minimum absolute atomic E-state index is 0.136. The molecular formula is C11H13F3N4O2. The fourth-order valence-corrected chi connectivity index (χ4v) is 2.16. The minimum Gasteiger partial charge on any atom is -0.478 e. The fourth-order valence-electron chi connectivity index (χ4n) is 2.16. The van der Waals surface area contributed by atoms with E-state index >= 15 is 0 Å². The molecule has 1 aliphatic rings. The third-order valence-corrected chi connectivity index (χ3v) is 2.93. The predicted molar refractivity (Wildman–Crippen MR) is 61.7 cm³/mol. The van der Waals surface area contributed by atoms with Crippen LogP contribution in [-0.4, -0.2) is 43.8 Å². The second-order valence-corrected chi connectivity index (χ2v) is 4.63. The van der Waals surface area contributed by atoms with E-state index < -0.39 is 18.0 Å². The predicted octanol–water partition coefficient (Wildman–Crippen LogP) is 1.14. The van der Waals surface area contributed by atoms with Crippen LogP contribution in [0.2, 0.25) is 0 Å². The summed E-state index contributed by atoms with van der Waals surface area (Å²) < 4.78 is 39.0. The summed E-state index contributed by atoms with van der Waals surface area (Å²) in [4.78, 5) is 12.3. The number of carbonyl (C=O) groups is 1. The molecule has 0 aromatic carbocycles. The highest BCUT2D eigenvalue weighted by Gasteiger charge is 2.39. The molecule has 2 heterocycles. The summed E-state index contributed by atoms with van der Waals surface area (Å²) in [5, 5.41) is 15.4. The monoisotopic (exact) mass is 290 g/mol. The SMILES string of the molecule is CC(=CC(=O)O)CN1CCn2c(nnc2C(F)(F)F)C1. The number of hydrogen-bond acceptors (Lipinski definition) is 4. The second kappa shape index (κ2) is 5.23. The number of aliphatic carboxylic acids is 1. The van der Waals surface area contributed by atoms with Crippen molar-refractivity contribution in [2.45, 2.75) is 26.2 Å². The van der Waals surface area contributed by atoms with Gasteiger partial charge in [0.2, 0.25) is 5.82 Å². The number of alkyl halides is 3. The van der Waals surface area contributed by atoms with Gasteiger partial charge < -0.3 is 9.67 Å². The molecule has 0 aliphatic carbocycles. The lowest BCUT2D eigenvalue weighted by atomic mass is 10.2. The first-order valence-corrected chi connectivity index (χ1v) is 5.89. The summed E-state index contributed by atoms with van der Waals surface area (Å²) in [5.41, 5.74) is 0.626. The van der Waals surface area contributed by atoms with Gasteiger partial charge in [-0.2, -0.15) is 13.2 Å². The summed E-state index contributed by atoms with van der Waals surface area (Å²) in [5.74, 6) is -1.78. The Balaban J connectivity index is 2.09. The number of fused-ring (bicyclic) bond motifs is 1. The van der Waals surface area contributed by atoms with Gasteiger partial charge in [-0.05, 0) is 6.92 Å². The van der Waals surface area contributed by atoms with Crippen LogP contribution in [-0.2, 0) is 24.1 Å². The summed E-state index contributed by atoms with van der Waals surface area (Å²) in [7, 11) is 0. The molecule has 0 saturated heterocycles. The van der Waals surface area contributed by atoms with E-state index in [4.69, 9.17) is 5.11 Å². The maximum Gasteiger partial charge on any atom is 0.451 e. The van der Waals surface area contributed by atoms with Gasteiger partial charge >= 0.3 is 12.1 Å². The molecule has 1 aliphatic heterocycles. The highest BCUT2D eigenvalue weighted by Crippen LogP contribution is 2.29. The van der Waals surface area contributed by atoms with E-state index in [9.17, 15) is 18.0 Å². The van der Waals surface area contributed by atoms with E-state index in [1.54, 1.807) is 6.92 Å². The molecule has 0 atom stereocenters. The van der Waals surface area contributed by atoms with Crippen molar-refractivity contribution in [3.63, 3.8) is 0 Å². The van der Waals surface area contributed by atoms with Crippen LogP contribution in [0, 0.1) is 0 Å². The zero-order chi connectivity index (χ0) is 14.9. The average Bonchev–Trinajstić information content (AvgIpc) is 2.69. The Morgan fingerprint density at radius 3 is 2.70 bits per heavy atom. The molecule has 0 fully saturated rings. The van der Waals surface area contributed by atoms with Gasteiger partial charge in [0.15, 0.2) is 0 Å².